The normalized spacial score (nSPS) is 15.2. The monoisotopic (exact) mass is 539 g/mol. The van der Waals surface area contributed by atoms with Crippen LogP contribution in [-0.2, 0) is 4.79 Å². The molecular formula is C33H21N3O3S. The third kappa shape index (κ3) is 4.13. The number of anilines is 3. The van der Waals surface area contributed by atoms with Gasteiger partial charge in [0.25, 0.3) is 11.8 Å². The first-order valence-corrected chi connectivity index (χ1v) is 13.5. The average molecular weight is 540 g/mol. The van der Waals surface area contributed by atoms with Crippen molar-refractivity contribution in [1.82, 2.24) is 0 Å². The fourth-order valence-corrected chi connectivity index (χ4v) is 5.91. The fraction of sp³-hybridized carbons (Fsp3) is 0. The van der Waals surface area contributed by atoms with Gasteiger partial charge in [-0.2, -0.15) is 0 Å². The predicted molar refractivity (Wildman–Crippen MR) is 157 cm³/mol. The lowest BCUT2D eigenvalue weighted by molar-refractivity contribution is -0.113. The van der Waals surface area contributed by atoms with Gasteiger partial charge in [0.05, 0.1) is 23.3 Å². The zero-order valence-corrected chi connectivity index (χ0v) is 21.9. The van der Waals surface area contributed by atoms with Crippen molar-refractivity contribution in [1.29, 1.82) is 0 Å². The molecule has 0 N–H and O–H groups in total. The van der Waals surface area contributed by atoms with Crippen molar-refractivity contribution >= 4 is 52.6 Å². The number of rotatable bonds is 4. The second-order valence-corrected chi connectivity index (χ2v) is 10.3. The SMILES string of the molecule is O=C1C(=Cc2ccco2)N=C(c2ccccc2)N1c1ccc(C(=O)N2c3ccccc3Sc3ccccc32)cc1. The van der Waals surface area contributed by atoms with Crippen molar-refractivity contribution in [3.63, 3.8) is 0 Å². The Hall–Kier alpha value is -5.14. The molecule has 0 aliphatic carbocycles. The van der Waals surface area contributed by atoms with Crippen LogP contribution in [-0.4, -0.2) is 17.6 Å². The predicted octanol–water partition coefficient (Wildman–Crippen LogP) is 7.56. The number of benzene rings is 4. The molecule has 0 saturated carbocycles. The Balaban J connectivity index is 1.25. The molecule has 6 nitrogen and oxygen atoms in total. The summed E-state index contributed by atoms with van der Waals surface area (Å²) in [6.45, 7) is 0. The Morgan fingerprint density at radius 2 is 1.40 bits per heavy atom. The van der Waals surface area contributed by atoms with Crippen LogP contribution in [0.25, 0.3) is 6.08 Å². The topological polar surface area (TPSA) is 66.1 Å². The van der Waals surface area contributed by atoms with Gasteiger partial charge in [-0.25, -0.2) is 4.99 Å². The lowest BCUT2D eigenvalue weighted by Gasteiger charge is -2.31. The van der Waals surface area contributed by atoms with Crippen LogP contribution in [0.2, 0.25) is 0 Å². The van der Waals surface area contributed by atoms with E-state index < -0.39 is 0 Å². The smallest absolute Gasteiger partial charge is 0.282 e. The number of nitrogens with zero attached hydrogens (tertiary/aromatic N) is 3. The quantitative estimate of drug-likeness (QED) is 0.221. The summed E-state index contributed by atoms with van der Waals surface area (Å²) in [7, 11) is 0. The van der Waals surface area contributed by atoms with Gasteiger partial charge in [0.2, 0.25) is 0 Å². The lowest BCUT2D eigenvalue weighted by Crippen LogP contribution is -2.33. The molecule has 0 unspecified atom stereocenters. The Morgan fingerprint density at radius 1 is 0.750 bits per heavy atom. The molecule has 0 atom stereocenters. The van der Waals surface area contributed by atoms with E-state index in [0.717, 1.165) is 26.7 Å². The summed E-state index contributed by atoms with van der Waals surface area (Å²) < 4.78 is 5.42. The fourth-order valence-electron chi connectivity index (χ4n) is 4.85. The lowest BCUT2D eigenvalue weighted by atomic mass is 10.1. The van der Waals surface area contributed by atoms with Crippen molar-refractivity contribution in [3.05, 3.63) is 144 Å². The van der Waals surface area contributed by atoms with E-state index >= 15 is 0 Å². The maximum Gasteiger partial charge on any atom is 0.282 e. The first kappa shape index (κ1) is 23.9. The number of carbonyl (C=O) groups excluding carboxylic acids is 2. The maximum absolute atomic E-state index is 13.9. The second kappa shape index (κ2) is 9.87. The molecule has 2 aliphatic rings. The van der Waals surface area contributed by atoms with Gasteiger partial charge in [-0.3, -0.25) is 19.4 Å². The zero-order valence-electron chi connectivity index (χ0n) is 21.1. The average Bonchev–Trinajstić information content (AvgIpc) is 3.64. The van der Waals surface area contributed by atoms with Crippen molar-refractivity contribution in [3.8, 4) is 0 Å². The van der Waals surface area contributed by atoms with Crippen LogP contribution in [0.5, 0.6) is 0 Å². The Kier molecular flexibility index (Phi) is 5.91. The highest BCUT2D eigenvalue weighted by Crippen LogP contribution is 2.48. The Bertz CT molecular complexity index is 1760. The van der Waals surface area contributed by atoms with Crippen LogP contribution in [0.3, 0.4) is 0 Å². The van der Waals surface area contributed by atoms with E-state index in [0.29, 0.717) is 22.8 Å². The zero-order chi connectivity index (χ0) is 27.1. The summed E-state index contributed by atoms with van der Waals surface area (Å²) in [5.41, 5.74) is 3.90. The second-order valence-electron chi connectivity index (χ2n) is 9.21. The van der Waals surface area contributed by atoms with Crippen molar-refractivity contribution in [2.45, 2.75) is 9.79 Å². The largest absolute Gasteiger partial charge is 0.465 e. The number of furan rings is 1. The minimum Gasteiger partial charge on any atom is -0.465 e. The van der Waals surface area contributed by atoms with Crippen LogP contribution >= 0.6 is 11.8 Å². The number of para-hydroxylation sites is 2. The van der Waals surface area contributed by atoms with Crippen molar-refractivity contribution < 1.29 is 14.0 Å². The summed E-state index contributed by atoms with van der Waals surface area (Å²) in [4.78, 5) is 37.6. The van der Waals surface area contributed by atoms with Crippen molar-refractivity contribution in [2.24, 2.45) is 4.99 Å². The first-order chi connectivity index (χ1) is 19.7. The molecule has 7 rings (SSSR count). The molecule has 2 amide bonds. The molecule has 0 bridgehead atoms. The molecule has 0 radical (unpaired) electrons. The van der Waals surface area contributed by atoms with E-state index in [1.54, 1.807) is 70.3 Å². The Morgan fingerprint density at radius 3 is 2.05 bits per heavy atom. The van der Waals surface area contributed by atoms with Gasteiger partial charge in [0.15, 0.2) is 0 Å². The van der Waals surface area contributed by atoms with E-state index in [4.69, 9.17) is 4.42 Å². The Labute approximate surface area is 234 Å². The third-order valence-corrected chi connectivity index (χ3v) is 7.85. The van der Waals surface area contributed by atoms with E-state index in [-0.39, 0.29) is 17.5 Å². The minimum absolute atomic E-state index is 0.144. The molecular weight excluding hydrogens is 518 g/mol. The molecule has 4 aromatic carbocycles. The molecule has 0 spiro atoms. The molecule has 5 aromatic rings. The third-order valence-electron chi connectivity index (χ3n) is 6.72. The highest BCUT2D eigenvalue weighted by atomic mass is 32.2. The van der Waals surface area contributed by atoms with Gasteiger partial charge >= 0.3 is 0 Å². The van der Waals surface area contributed by atoms with E-state index in [1.807, 2.05) is 78.9 Å². The summed E-state index contributed by atoms with van der Waals surface area (Å²) in [5, 5.41) is 0. The number of carbonyl (C=O) groups is 2. The number of fused-ring (bicyclic) bond motifs is 2. The summed E-state index contributed by atoms with van der Waals surface area (Å²) in [6.07, 6.45) is 3.19. The minimum atomic E-state index is -0.273. The van der Waals surface area contributed by atoms with Gasteiger partial charge in [0.1, 0.15) is 17.3 Å². The molecule has 7 heteroatoms. The molecule has 0 fully saturated rings. The molecule has 192 valence electrons. The molecule has 3 heterocycles. The number of amides is 2. The number of aliphatic imine (C=N–C) groups is 1. The van der Waals surface area contributed by atoms with Crippen LogP contribution in [0, 0.1) is 0 Å². The van der Waals surface area contributed by atoms with E-state index in [2.05, 4.69) is 4.99 Å². The summed E-state index contributed by atoms with van der Waals surface area (Å²) in [6, 6.07) is 36.0. The summed E-state index contributed by atoms with van der Waals surface area (Å²) in [5.74, 6) is 0.640. The molecule has 0 saturated heterocycles. The first-order valence-electron chi connectivity index (χ1n) is 12.7. The number of amidine groups is 1. The van der Waals surface area contributed by atoms with E-state index in [9.17, 15) is 9.59 Å². The summed E-state index contributed by atoms with van der Waals surface area (Å²) >= 11 is 1.65. The standard InChI is InChI=1S/C33H21N3O3S/c37-32(36-27-12-4-6-14-29(27)40-30-15-7-5-13-28(30)36)23-16-18-24(19-17-23)35-31(22-9-2-1-3-10-22)34-26(33(35)38)21-25-11-8-20-39-25/h1-21H. The van der Waals surface area contributed by atoms with Gasteiger partial charge in [-0.1, -0.05) is 66.4 Å². The molecule has 1 aromatic heterocycles. The van der Waals surface area contributed by atoms with Crippen molar-refractivity contribution in [2.75, 3.05) is 9.80 Å². The van der Waals surface area contributed by atoms with Crippen LogP contribution < -0.4 is 9.80 Å². The van der Waals surface area contributed by atoms with E-state index in [1.165, 1.54) is 0 Å². The maximum atomic E-state index is 13.9. The highest BCUT2D eigenvalue weighted by molar-refractivity contribution is 7.99. The van der Waals surface area contributed by atoms with Gasteiger partial charge in [-0.15, -0.1) is 0 Å². The van der Waals surface area contributed by atoms with Gasteiger partial charge in [-0.05, 0) is 60.7 Å². The molecule has 40 heavy (non-hydrogen) atoms. The number of hydrogen-bond donors (Lipinski definition) is 0. The highest BCUT2D eigenvalue weighted by Gasteiger charge is 2.33. The molecule has 2 aliphatic heterocycles. The van der Waals surface area contributed by atoms with Gasteiger partial charge < -0.3 is 4.42 Å². The van der Waals surface area contributed by atoms with Crippen LogP contribution in [0.1, 0.15) is 21.7 Å². The number of hydrogen-bond acceptors (Lipinski definition) is 5. The van der Waals surface area contributed by atoms with Crippen LogP contribution in [0.15, 0.2) is 146 Å². The van der Waals surface area contributed by atoms with Gasteiger partial charge in [0, 0.05) is 27.0 Å². The van der Waals surface area contributed by atoms with Crippen LogP contribution in [0.4, 0.5) is 17.1 Å².